The summed E-state index contributed by atoms with van der Waals surface area (Å²) in [6.45, 7) is 3.19. The van der Waals surface area contributed by atoms with Gasteiger partial charge in [0.15, 0.2) is 0 Å². The van der Waals surface area contributed by atoms with Crippen LogP contribution in [-0.2, 0) is 24.3 Å². The molecule has 0 unspecified atom stereocenters. The van der Waals surface area contributed by atoms with Crippen molar-refractivity contribution >= 4 is 17.5 Å². The van der Waals surface area contributed by atoms with Crippen LogP contribution < -0.4 is 5.32 Å². The fourth-order valence-electron chi connectivity index (χ4n) is 2.78. The number of rotatable bonds is 7. The summed E-state index contributed by atoms with van der Waals surface area (Å²) in [5.74, 6) is 0.0376. The van der Waals surface area contributed by atoms with Crippen LogP contribution in [0, 0.1) is 6.92 Å². The summed E-state index contributed by atoms with van der Waals surface area (Å²) in [5, 5.41) is 8.00. The van der Waals surface area contributed by atoms with E-state index in [0.717, 1.165) is 27.3 Å². The zero-order chi connectivity index (χ0) is 18.4. The van der Waals surface area contributed by atoms with E-state index in [9.17, 15) is 4.79 Å². The second-order valence-corrected chi connectivity index (χ2v) is 6.74. The van der Waals surface area contributed by atoms with Gasteiger partial charge in [0.1, 0.15) is 0 Å². The third-order valence-electron chi connectivity index (χ3n) is 4.36. The highest BCUT2D eigenvalue weighted by Crippen LogP contribution is 2.17. The molecule has 26 heavy (non-hydrogen) atoms. The number of halogens is 1. The molecular weight excluding hydrogens is 346 g/mol. The molecule has 1 heterocycles. The summed E-state index contributed by atoms with van der Waals surface area (Å²) >= 11 is 6.14. The molecular formula is C21H22ClN3O. The molecule has 0 atom stereocenters. The molecule has 1 N–H and O–H groups in total. The topological polar surface area (TPSA) is 46.9 Å². The number of carbonyl (C=O) groups is 1. The Morgan fingerprint density at radius 1 is 1.15 bits per heavy atom. The summed E-state index contributed by atoms with van der Waals surface area (Å²) in [5.41, 5.74) is 4.39. The SMILES string of the molecule is Cc1ccc(CCC(=O)NCc2ccccc2Cn2cccn2)cc1Cl. The normalized spacial score (nSPS) is 10.7. The third-order valence-corrected chi connectivity index (χ3v) is 4.77. The number of carbonyl (C=O) groups excluding carboxylic acids is 1. The van der Waals surface area contributed by atoms with E-state index in [1.807, 2.05) is 60.3 Å². The van der Waals surface area contributed by atoms with Gasteiger partial charge in [-0.15, -0.1) is 0 Å². The highest BCUT2D eigenvalue weighted by molar-refractivity contribution is 6.31. The van der Waals surface area contributed by atoms with Crippen molar-refractivity contribution in [3.8, 4) is 0 Å². The second-order valence-electron chi connectivity index (χ2n) is 6.33. The fraction of sp³-hybridized carbons (Fsp3) is 0.238. The van der Waals surface area contributed by atoms with E-state index in [-0.39, 0.29) is 5.91 Å². The van der Waals surface area contributed by atoms with Crippen LogP contribution in [-0.4, -0.2) is 15.7 Å². The van der Waals surface area contributed by atoms with Gasteiger partial charge in [0.2, 0.25) is 5.91 Å². The molecule has 1 amide bonds. The maximum Gasteiger partial charge on any atom is 0.220 e. The van der Waals surface area contributed by atoms with Gasteiger partial charge in [-0.1, -0.05) is 48.0 Å². The molecule has 4 nitrogen and oxygen atoms in total. The van der Waals surface area contributed by atoms with Crippen molar-refractivity contribution in [2.45, 2.75) is 32.9 Å². The van der Waals surface area contributed by atoms with Gasteiger partial charge in [-0.25, -0.2) is 0 Å². The molecule has 3 rings (SSSR count). The summed E-state index contributed by atoms with van der Waals surface area (Å²) in [6.07, 6.45) is 4.82. The van der Waals surface area contributed by atoms with Crippen molar-refractivity contribution in [1.29, 1.82) is 0 Å². The van der Waals surface area contributed by atoms with Gasteiger partial charge in [0, 0.05) is 30.4 Å². The van der Waals surface area contributed by atoms with Gasteiger partial charge in [-0.3, -0.25) is 9.48 Å². The predicted molar refractivity (Wildman–Crippen MR) is 104 cm³/mol. The molecule has 0 saturated carbocycles. The lowest BCUT2D eigenvalue weighted by Gasteiger charge is -2.11. The van der Waals surface area contributed by atoms with Gasteiger partial charge in [-0.2, -0.15) is 5.10 Å². The molecule has 5 heteroatoms. The van der Waals surface area contributed by atoms with Crippen molar-refractivity contribution in [3.63, 3.8) is 0 Å². The first-order valence-corrected chi connectivity index (χ1v) is 9.05. The molecule has 134 valence electrons. The Balaban J connectivity index is 1.53. The molecule has 0 radical (unpaired) electrons. The number of benzene rings is 2. The molecule has 2 aromatic carbocycles. The zero-order valence-corrected chi connectivity index (χ0v) is 15.5. The predicted octanol–water partition coefficient (Wildman–Crippen LogP) is 4.14. The van der Waals surface area contributed by atoms with Crippen LogP contribution in [0.4, 0.5) is 0 Å². The van der Waals surface area contributed by atoms with Crippen LogP contribution in [0.2, 0.25) is 5.02 Å². The standard InChI is InChI=1S/C21H22ClN3O/c1-16-7-8-17(13-20(16)22)9-10-21(26)23-14-18-5-2-3-6-19(18)15-25-12-4-11-24-25/h2-8,11-13H,9-10,14-15H2,1H3,(H,23,26). The number of amides is 1. The van der Waals surface area contributed by atoms with E-state index in [1.165, 1.54) is 0 Å². The van der Waals surface area contributed by atoms with Crippen molar-refractivity contribution in [1.82, 2.24) is 15.1 Å². The Morgan fingerprint density at radius 2 is 1.96 bits per heavy atom. The number of nitrogens with zero attached hydrogens (tertiary/aromatic N) is 2. The van der Waals surface area contributed by atoms with Crippen LogP contribution >= 0.6 is 11.6 Å². The highest BCUT2D eigenvalue weighted by atomic mass is 35.5. The minimum absolute atomic E-state index is 0.0376. The Morgan fingerprint density at radius 3 is 2.69 bits per heavy atom. The number of hydrogen-bond donors (Lipinski definition) is 1. The monoisotopic (exact) mass is 367 g/mol. The molecule has 0 bridgehead atoms. The Labute approximate surface area is 158 Å². The maximum absolute atomic E-state index is 12.2. The first kappa shape index (κ1) is 18.2. The van der Waals surface area contributed by atoms with Crippen LogP contribution in [0.3, 0.4) is 0 Å². The molecule has 0 aliphatic heterocycles. The first-order chi connectivity index (χ1) is 12.6. The number of aromatic nitrogens is 2. The minimum Gasteiger partial charge on any atom is -0.352 e. The summed E-state index contributed by atoms with van der Waals surface area (Å²) in [6, 6.07) is 15.9. The lowest BCUT2D eigenvalue weighted by molar-refractivity contribution is -0.121. The molecule has 0 spiro atoms. The van der Waals surface area contributed by atoms with E-state index >= 15 is 0 Å². The van der Waals surface area contributed by atoms with E-state index in [0.29, 0.717) is 25.9 Å². The molecule has 1 aromatic heterocycles. The van der Waals surface area contributed by atoms with E-state index < -0.39 is 0 Å². The number of aryl methyl sites for hydroxylation is 2. The Kier molecular flexibility index (Phi) is 6.08. The molecule has 0 aliphatic rings. The minimum atomic E-state index is 0.0376. The zero-order valence-electron chi connectivity index (χ0n) is 14.8. The van der Waals surface area contributed by atoms with Crippen LogP contribution in [0.1, 0.15) is 28.7 Å². The van der Waals surface area contributed by atoms with E-state index in [4.69, 9.17) is 11.6 Å². The summed E-state index contributed by atoms with van der Waals surface area (Å²) in [4.78, 5) is 12.2. The number of nitrogens with one attached hydrogen (secondary N) is 1. The van der Waals surface area contributed by atoms with Crippen molar-refractivity contribution < 1.29 is 4.79 Å². The van der Waals surface area contributed by atoms with Gasteiger partial charge in [-0.05, 0) is 47.7 Å². The lowest BCUT2D eigenvalue weighted by atomic mass is 10.1. The summed E-state index contributed by atoms with van der Waals surface area (Å²) < 4.78 is 1.88. The fourth-order valence-corrected chi connectivity index (χ4v) is 2.99. The van der Waals surface area contributed by atoms with Crippen molar-refractivity contribution in [2.75, 3.05) is 0 Å². The van der Waals surface area contributed by atoms with Crippen molar-refractivity contribution in [2.24, 2.45) is 0 Å². The van der Waals surface area contributed by atoms with Gasteiger partial charge >= 0.3 is 0 Å². The maximum atomic E-state index is 12.2. The molecule has 0 saturated heterocycles. The van der Waals surface area contributed by atoms with Gasteiger partial charge < -0.3 is 5.32 Å². The Hall–Kier alpha value is -2.59. The Bertz CT molecular complexity index is 875. The van der Waals surface area contributed by atoms with Crippen LogP contribution in [0.25, 0.3) is 0 Å². The smallest absolute Gasteiger partial charge is 0.220 e. The van der Waals surface area contributed by atoms with Crippen LogP contribution in [0.15, 0.2) is 60.9 Å². The third kappa shape index (κ3) is 4.96. The molecule has 0 fully saturated rings. The van der Waals surface area contributed by atoms with E-state index in [1.54, 1.807) is 6.20 Å². The molecule has 0 aliphatic carbocycles. The molecule has 3 aromatic rings. The largest absolute Gasteiger partial charge is 0.352 e. The average Bonchev–Trinajstić information content (AvgIpc) is 3.15. The first-order valence-electron chi connectivity index (χ1n) is 8.68. The quantitative estimate of drug-likeness (QED) is 0.682. The lowest BCUT2D eigenvalue weighted by Crippen LogP contribution is -2.23. The van der Waals surface area contributed by atoms with E-state index in [2.05, 4.69) is 16.5 Å². The summed E-state index contributed by atoms with van der Waals surface area (Å²) in [7, 11) is 0. The van der Waals surface area contributed by atoms with Gasteiger partial charge in [0.25, 0.3) is 0 Å². The highest BCUT2D eigenvalue weighted by Gasteiger charge is 2.07. The average molecular weight is 368 g/mol. The second kappa shape index (κ2) is 8.68. The van der Waals surface area contributed by atoms with Crippen LogP contribution in [0.5, 0.6) is 0 Å². The van der Waals surface area contributed by atoms with Crippen molar-refractivity contribution in [3.05, 3.63) is 88.2 Å². The number of hydrogen-bond acceptors (Lipinski definition) is 2. The van der Waals surface area contributed by atoms with Gasteiger partial charge in [0.05, 0.1) is 6.54 Å².